The lowest BCUT2D eigenvalue weighted by atomic mass is 9.95. The highest BCUT2D eigenvalue weighted by atomic mass is 35.5. The SMILES string of the molecule is CCC(C)C(=O)N1CCCC(C(=O)NCC2CCCN2)C1.Cl. The number of carbonyl (C=O) groups excluding carboxylic acids is 2. The average Bonchev–Trinajstić information content (AvgIpc) is 3.04. The Bertz CT molecular complexity index is 372. The Balaban J connectivity index is 0.00000242. The lowest BCUT2D eigenvalue weighted by molar-refractivity contribution is -0.138. The van der Waals surface area contributed by atoms with Gasteiger partial charge >= 0.3 is 0 Å². The van der Waals surface area contributed by atoms with E-state index in [1.807, 2.05) is 18.7 Å². The van der Waals surface area contributed by atoms with Crippen LogP contribution in [0.2, 0.25) is 0 Å². The van der Waals surface area contributed by atoms with Crippen LogP contribution in [0.25, 0.3) is 0 Å². The highest BCUT2D eigenvalue weighted by Crippen LogP contribution is 2.19. The fraction of sp³-hybridized carbons (Fsp3) is 0.875. The van der Waals surface area contributed by atoms with Crippen LogP contribution in [-0.4, -0.2) is 48.9 Å². The van der Waals surface area contributed by atoms with Crippen molar-refractivity contribution in [1.29, 1.82) is 0 Å². The minimum Gasteiger partial charge on any atom is -0.354 e. The molecule has 0 saturated carbocycles. The molecular weight excluding hydrogens is 302 g/mol. The third kappa shape index (κ3) is 5.13. The fourth-order valence-corrected chi connectivity index (χ4v) is 3.18. The Morgan fingerprint density at radius 3 is 2.73 bits per heavy atom. The summed E-state index contributed by atoms with van der Waals surface area (Å²) in [5.41, 5.74) is 0. The number of carbonyl (C=O) groups is 2. The van der Waals surface area contributed by atoms with Gasteiger partial charge in [-0.15, -0.1) is 12.4 Å². The van der Waals surface area contributed by atoms with Crippen LogP contribution in [0.1, 0.15) is 46.0 Å². The van der Waals surface area contributed by atoms with E-state index in [1.54, 1.807) is 0 Å². The van der Waals surface area contributed by atoms with Crippen LogP contribution in [0.4, 0.5) is 0 Å². The molecule has 2 rings (SSSR count). The molecule has 2 saturated heterocycles. The summed E-state index contributed by atoms with van der Waals surface area (Å²) in [5.74, 6) is 0.348. The summed E-state index contributed by atoms with van der Waals surface area (Å²) >= 11 is 0. The van der Waals surface area contributed by atoms with Gasteiger partial charge in [0.05, 0.1) is 5.92 Å². The Labute approximate surface area is 140 Å². The number of halogens is 1. The predicted octanol–water partition coefficient (Wildman–Crippen LogP) is 1.56. The van der Waals surface area contributed by atoms with Crippen molar-refractivity contribution in [3.63, 3.8) is 0 Å². The van der Waals surface area contributed by atoms with Crippen LogP contribution in [-0.2, 0) is 9.59 Å². The quantitative estimate of drug-likeness (QED) is 0.803. The molecule has 0 aromatic carbocycles. The highest BCUT2D eigenvalue weighted by molar-refractivity contribution is 5.85. The summed E-state index contributed by atoms with van der Waals surface area (Å²) in [5, 5.41) is 6.44. The lowest BCUT2D eigenvalue weighted by Crippen LogP contribution is -2.48. The van der Waals surface area contributed by atoms with E-state index in [2.05, 4.69) is 10.6 Å². The number of likely N-dealkylation sites (tertiary alicyclic amines) is 1. The molecule has 22 heavy (non-hydrogen) atoms. The van der Waals surface area contributed by atoms with E-state index in [9.17, 15) is 9.59 Å². The molecule has 2 amide bonds. The first-order chi connectivity index (χ1) is 10.1. The molecule has 2 N–H and O–H groups in total. The number of nitrogens with zero attached hydrogens (tertiary/aromatic N) is 1. The Kier molecular flexibility index (Phi) is 8.18. The molecule has 6 heteroatoms. The molecule has 128 valence electrons. The second kappa shape index (κ2) is 9.36. The second-order valence-electron chi connectivity index (χ2n) is 6.47. The van der Waals surface area contributed by atoms with Crippen molar-refractivity contribution >= 4 is 24.2 Å². The van der Waals surface area contributed by atoms with Gasteiger partial charge in [0.2, 0.25) is 11.8 Å². The first-order valence-electron chi connectivity index (χ1n) is 8.41. The first kappa shape index (κ1) is 19.2. The first-order valence-corrected chi connectivity index (χ1v) is 8.41. The van der Waals surface area contributed by atoms with Gasteiger partial charge in [0.1, 0.15) is 0 Å². The van der Waals surface area contributed by atoms with Gasteiger partial charge in [-0.1, -0.05) is 13.8 Å². The van der Waals surface area contributed by atoms with E-state index >= 15 is 0 Å². The molecule has 3 unspecified atom stereocenters. The van der Waals surface area contributed by atoms with E-state index in [-0.39, 0.29) is 36.1 Å². The van der Waals surface area contributed by atoms with Crippen molar-refractivity contribution in [1.82, 2.24) is 15.5 Å². The van der Waals surface area contributed by atoms with Crippen molar-refractivity contribution in [2.75, 3.05) is 26.2 Å². The molecular formula is C16H30ClN3O2. The maximum absolute atomic E-state index is 12.3. The highest BCUT2D eigenvalue weighted by Gasteiger charge is 2.30. The van der Waals surface area contributed by atoms with E-state index in [0.29, 0.717) is 19.1 Å². The van der Waals surface area contributed by atoms with E-state index in [4.69, 9.17) is 0 Å². The third-order valence-electron chi connectivity index (χ3n) is 4.82. The summed E-state index contributed by atoms with van der Waals surface area (Å²) in [4.78, 5) is 26.4. The molecule has 0 aliphatic carbocycles. The largest absolute Gasteiger partial charge is 0.354 e. The molecule has 0 spiro atoms. The number of amides is 2. The van der Waals surface area contributed by atoms with Crippen LogP contribution >= 0.6 is 12.4 Å². The third-order valence-corrected chi connectivity index (χ3v) is 4.82. The van der Waals surface area contributed by atoms with E-state index < -0.39 is 0 Å². The lowest BCUT2D eigenvalue weighted by Gasteiger charge is -2.33. The van der Waals surface area contributed by atoms with Gasteiger partial charge in [-0.25, -0.2) is 0 Å². The normalized spacial score (nSPS) is 26.2. The number of rotatable bonds is 5. The maximum Gasteiger partial charge on any atom is 0.225 e. The smallest absolute Gasteiger partial charge is 0.225 e. The zero-order chi connectivity index (χ0) is 15.2. The van der Waals surface area contributed by atoms with Gasteiger partial charge in [-0.05, 0) is 38.6 Å². The second-order valence-corrected chi connectivity index (χ2v) is 6.47. The molecule has 0 aromatic heterocycles. The predicted molar refractivity (Wildman–Crippen MR) is 90.0 cm³/mol. The number of piperidine rings is 1. The molecule has 3 atom stereocenters. The number of hydrogen-bond donors (Lipinski definition) is 2. The van der Waals surface area contributed by atoms with Crippen LogP contribution in [0.5, 0.6) is 0 Å². The summed E-state index contributed by atoms with van der Waals surface area (Å²) in [7, 11) is 0. The molecule has 2 heterocycles. The molecule has 2 fully saturated rings. The molecule has 2 aliphatic rings. The van der Waals surface area contributed by atoms with E-state index in [0.717, 1.165) is 38.8 Å². The fourth-order valence-electron chi connectivity index (χ4n) is 3.18. The van der Waals surface area contributed by atoms with Crippen LogP contribution in [0.15, 0.2) is 0 Å². The van der Waals surface area contributed by atoms with Gasteiger partial charge in [0.15, 0.2) is 0 Å². The monoisotopic (exact) mass is 331 g/mol. The van der Waals surface area contributed by atoms with Crippen LogP contribution in [0.3, 0.4) is 0 Å². The summed E-state index contributed by atoms with van der Waals surface area (Å²) < 4.78 is 0. The molecule has 0 bridgehead atoms. The Morgan fingerprint density at radius 2 is 2.09 bits per heavy atom. The zero-order valence-electron chi connectivity index (χ0n) is 13.8. The van der Waals surface area contributed by atoms with Gasteiger partial charge in [-0.3, -0.25) is 9.59 Å². The minimum atomic E-state index is -0.0341. The number of nitrogens with one attached hydrogen (secondary N) is 2. The topological polar surface area (TPSA) is 61.4 Å². The van der Waals surface area contributed by atoms with Crippen molar-refractivity contribution in [3.05, 3.63) is 0 Å². The van der Waals surface area contributed by atoms with Crippen molar-refractivity contribution in [3.8, 4) is 0 Å². The number of hydrogen-bond acceptors (Lipinski definition) is 3. The maximum atomic E-state index is 12.3. The van der Waals surface area contributed by atoms with Crippen molar-refractivity contribution < 1.29 is 9.59 Å². The van der Waals surface area contributed by atoms with E-state index in [1.165, 1.54) is 6.42 Å². The van der Waals surface area contributed by atoms with Gasteiger partial charge in [-0.2, -0.15) is 0 Å². The van der Waals surface area contributed by atoms with Gasteiger partial charge in [0.25, 0.3) is 0 Å². The standard InChI is InChI=1S/C16H29N3O2.ClH/c1-3-12(2)16(21)19-9-5-6-13(11-19)15(20)18-10-14-7-4-8-17-14;/h12-14,17H,3-11H2,1-2H3,(H,18,20);1H. The van der Waals surface area contributed by atoms with Crippen LogP contribution in [0, 0.1) is 11.8 Å². The Morgan fingerprint density at radius 1 is 1.32 bits per heavy atom. The zero-order valence-corrected chi connectivity index (χ0v) is 14.6. The Hall–Kier alpha value is -0.810. The average molecular weight is 332 g/mol. The molecule has 2 aliphatic heterocycles. The molecule has 0 aromatic rings. The minimum absolute atomic E-state index is 0. The summed E-state index contributed by atoms with van der Waals surface area (Å²) in [6, 6.07) is 0.426. The molecule has 0 radical (unpaired) electrons. The summed E-state index contributed by atoms with van der Waals surface area (Å²) in [6.07, 6.45) is 5.03. The van der Waals surface area contributed by atoms with Crippen LogP contribution < -0.4 is 10.6 Å². The molecule has 5 nitrogen and oxygen atoms in total. The van der Waals surface area contributed by atoms with Gasteiger partial charge < -0.3 is 15.5 Å². The van der Waals surface area contributed by atoms with Crippen molar-refractivity contribution in [2.45, 2.75) is 52.0 Å². The van der Waals surface area contributed by atoms with Gasteiger partial charge in [0, 0.05) is 31.6 Å². The van der Waals surface area contributed by atoms with Crippen molar-refractivity contribution in [2.24, 2.45) is 11.8 Å². The summed E-state index contributed by atoms with van der Waals surface area (Å²) in [6.45, 7) is 7.17.